The zero-order valence-electron chi connectivity index (χ0n) is 19.6. The number of nitrogens with one attached hydrogen (secondary N) is 1. The number of para-hydroxylation sites is 1. The average Bonchev–Trinajstić information content (AvgIpc) is 2.83. The van der Waals surface area contributed by atoms with Crippen LogP contribution in [0.1, 0.15) is 42.1 Å². The third kappa shape index (κ3) is 6.26. The minimum absolute atomic E-state index is 0.00915. The van der Waals surface area contributed by atoms with E-state index in [0.717, 1.165) is 24.3 Å². The molecule has 4 amide bonds. The Balaban J connectivity index is 1.72. The Labute approximate surface area is 218 Å². The maximum atomic E-state index is 13.2. The molecule has 1 saturated heterocycles. The van der Waals surface area contributed by atoms with Crippen molar-refractivity contribution in [3.8, 4) is 5.75 Å². The van der Waals surface area contributed by atoms with Crippen molar-refractivity contribution in [1.29, 1.82) is 0 Å². The molecule has 1 aromatic rings. The average molecular weight is 670 g/mol. The summed E-state index contributed by atoms with van der Waals surface area (Å²) in [5.41, 5.74) is 6.25. The number of carboxylic acid groups (broad SMARTS) is 1. The van der Waals surface area contributed by atoms with E-state index in [1.165, 1.54) is 11.0 Å². The fraction of sp³-hybridized carbons (Fsp3) is 0.455. The van der Waals surface area contributed by atoms with Gasteiger partial charge in [0.25, 0.3) is 0 Å². The van der Waals surface area contributed by atoms with Crippen LogP contribution in [-0.4, -0.2) is 86.3 Å². The third-order valence-electron chi connectivity index (χ3n) is 6.22. The predicted molar refractivity (Wildman–Crippen MR) is 124 cm³/mol. The van der Waals surface area contributed by atoms with Crippen LogP contribution in [0.4, 0.5) is 4.79 Å². The number of ketones is 1. The molecule has 192 valence electrons. The van der Waals surface area contributed by atoms with Crippen LogP contribution in [0.5, 0.6) is 5.75 Å². The maximum absolute atomic E-state index is 13.2. The summed E-state index contributed by atoms with van der Waals surface area (Å²) >= 11 is 1.03. The number of amides is 4. The first-order chi connectivity index (χ1) is 17.0. The molecule has 2 heterocycles. The van der Waals surface area contributed by atoms with Gasteiger partial charge in [-0.3, -0.25) is 0 Å². The number of rotatable bonds is 9. The number of imide groups is 1. The second-order valence-corrected chi connectivity index (χ2v) is 10.5. The number of urea groups is 1. The summed E-state index contributed by atoms with van der Waals surface area (Å²) in [4.78, 5) is 64.2. The molecule has 36 heavy (non-hydrogen) atoms. The van der Waals surface area contributed by atoms with Crippen molar-refractivity contribution >= 4 is 40.7 Å². The molecule has 1 aromatic carbocycles. The first-order valence-corrected chi connectivity index (χ1v) is 12.9. The molecule has 0 radical (unpaired) electrons. The zero-order valence-corrected chi connectivity index (χ0v) is 22.6. The molecular weight excluding hydrogens is 643 g/mol. The number of Topliss-reactive ketones (excluding diaryl/α,β-unsaturated/α-hetero) is 1. The number of hydrogen-bond acceptors (Lipinski definition) is 8. The molecule has 12 nitrogen and oxygen atoms in total. The van der Waals surface area contributed by atoms with E-state index in [1.54, 1.807) is 19.1 Å². The molecular formula is C22H27BN4O8W. The van der Waals surface area contributed by atoms with E-state index >= 15 is 0 Å². The summed E-state index contributed by atoms with van der Waals surface area (Å²) in [6.45, 7) is 2.29. The van der Waals surface area contributed by atoms with Crippen molar-refractivity contribution in [2.75, 3.05) is 19.6 Å². The van der Waals surface area contributed by atoms with Gasteiger partial charge in [-0.05, 0) is 0 Å². The minimum atomic E-state index is -1.42. The quantitative estimate of drug-likeness (QED) is 0.196. The van der Waals surface area contributed by atoms with Crippen LogP contribution >= 0.6 is 0 Å². The molecule has 1 fully saturated rings. The molecule has 5 N–H and O–H groups in total. The molecule has 0 bridgehead atoms. The summed E-state index contributed by atoms with van der Waals surface area (Å²) in [6, 6.07) is 2.73. The first kappa shape index (κ1) is 27.7. The van der Waals surface area contributed by atoms with Gasteiger partial charge in [0.05, 0.1) is 0 Å². The third-order valence-corrected chi connectivity index (χ3v) is 6.95. The summed E-state index contributed by atoms with van der Waals surface area (Å²) in [7, 11) is -1.42. The summed E-state index contributed by atoms with van der Waals surface area (Å²) < 4.78 is 6.08. The van der Waals surface area contributed by atoms with Crippen LogP contribution in [-0.2, 0) is 40.2 Å². The number of carbonyl (C=O) groups is 5. The molecule has 0 spiro atoms. The summed E-state index contributed by atoms with van der Waals surface area (Å²) in [5, 5.41) is 22.4. The van der Waals surface area contributed by atoms with E-state index in [2.05, 4.69) is 5.32 Å². The van der Waals surface area contributed by atoms with Gasteiger partial charge in [-0.1, -0.05) is 0 Å². The molecule has 0 aromatic heterocycles. The van der Waals surface area contributed by atoms with Gasteiger partial charge in [-0.2, -0.15) is 0 Å². The SMILES string of the molecule is CCN1CCN(C(=O)N[C@H](CC[C](N)=[W])C(=O)C[C@H]2Cc3cccc(C(=O)O)c3OB2O)C(=O)C1=O. The predicted octanol–water partition coefficient (Wildman–Crippen LogP) is -0.686. The van der Waals surface area contributed by atoms with E-state index < -0.39 is 48.6 Å². The van der Waals surface area contributed by atoms with Gasteiger partial charge in [0, 0.05) is 0 Å². The van der Waals surface area contributed by atoms with E-state index in [4.69, 9.17) is 10.4 Å². The van der Waals surface area contributed by atoms with Gasteiger partial charge < -0.3 is 5.11 Å². The van der Waals surface area contributed by atoms with E-state index in [-0.39, 0.29) is 43.7 Å². The van der Waals surface area contributed by atoms with Crippen molar-refractivity contribution < 1.29 is 58.1 Å². The molecule has 0 saturated carbocycles. The number of aromatic carboxylic acids is 1. The molecule has 3 rings (SSSR count). The summed E-state index contributed by atoms with van der Waals surface area (Å²) in [6.07, 6.45) is 0.565. The van der Waals surface area contributed by atoms with Gasteiger partial charge in [-0.15, -0.1) is 0 Å². The Bertz CT molecular complexity index is 1100. The van der Waals surface area contributed by atoms with Gasteiger partial charge >= 0.3 is 209 Å². The number of nitrogens with zero attached hydrogens (tertiary/aromatic N) is 2. The number of likely N-dealkylation sites (N-methyl/N-ethyl adjacent to an activating group) is 1. The van der Waals surface area contributed by atoms with Crippen LogP contribution in [0.2, 0.25) is 5.82 Å². The van der Waals surface area contributed by atoms with Gasteiger partial charge in [0.1, 0.15) is 0 Å². The number of piperazine rings is 1. The number of carbonyl (C=O) groups excluding carboxylic acids is 4. The van der Waals surface area contributed by atoms with Crippen molar-refractivity contribution in [3.05, 3.63) is 29.3 Å². The van der Waals surface area contributed by atoms with Crippen LogP contribution in [0.25, 0.3) is 0 Å². The Kier molecular flexibility index (Phi) is 9.15. The van der Waals surface area contributed by atoms with Crippen LogP contribution in [0.3, 0.4) is 0 Å². The van der Waals surface area contributed by atoms with E-state index in [1.807, 2.05) is 0 Å². The van der Waals surface area contributed by atoms with Crippen molar-refractivity contribution in [2.45, 2.75) is 44.5 Å². The fourth-order valence-electron chi connectivity index (χ4n) is 4.22. The normalized spacial score (nSPS) is 18.3. The Morgan fingerprint density at radius 1 is 1.28 bits per heavy atom. The number of hydrogen-bond donors (Lipinski definition) is 4. The summed E-state index contributed by atoms with van der Waals surface area (Å²) in [5.74, 6) is -3.95. The molecule has 2 aliphatic rings. The van der Waals surface area contributed by atoms with Crippen molar-refractivity contribution in [3.63, 3.8) is 0 Å². The number of benzene rings is 1. The zero-order chi connectivity index (χ0) is 26.6. The Morgan fingerprint density at radius 2 is 2.00 bits per heavy atom. The number of fused-ring (bicyclic) bond motifs is 1. The standard InChI is InChI=1S/C22H27BN4O8.W/c1-2-26-9-10-27(20(30)19(26)29)22(33)25-16(7-4-8-24)17(28)12-14-11-13-5-3-6-15(21(31)32)18(13)35-23(14)34;/h3,5-6,14,16,34H,2,4,7,9-12,24H2,1H3,(H,25,33)(H,31,32);/t14-,16-;/m1./s1. The van der Waals surface area contributed by atoms with Gasteiger partial charge in [0.2, 0.25) is 0 Å². The molecule has 14 heteroatoms. The van der Waals surface area contributed by atoms with E-state index in [0.29, 0.717) is 22.6 Å². The van der Waals surface area contributed by atoms with Gasteiger partial charge in [-0.25, -0.2) is 4.79 Å². The monoisotopic (exact) mass is 670 g/mol. The topological polar surface area (TPSA) is 180 Å². The molecule has 2 atom stereocenters. The van der Waals surface area contributed by atoms with E-state index in [9.17, 15) is 34.1 Å². The first-order valence-electron chi connectivity index (χ1n) is 11.5. The van der Waals surface area contributed by atoms with Crippen LogP contribution < -0.4 is 15.7 Å². The Morgan fingerprint density at radius 3 is 2.64 bits per heavy atom. The fourth-order valence-corrected chi connectivity index (χ4v) is 4.65. The molecule has 0 aliphatic carbocycles. The second kappa shape index (κ2) is 11.9. The second-order valence-electron chi connectivity index (χ2n) is 8.59. The van der Waals surface area contributed by atoms with Crippen LogP contribution in [0.15, 0.2) is 18.2 Å². The number of nitrogens with two attached hydrogens (primary N) is 1. The van der Waals surface area contributed by atoms with Gasteiger partial charge in [0.15, 0.2) is 0 Å². The van der Waals surface area contributed by atoms with Crippen molar-refractivity contribution in [1.82, 2.24) is 15.1 Å². The Hall–Kier alpha value is -2.89. The molecule has 2 aliphatic heterocycles. The van der Waals surface area contributed by atoms with Crippen LogP contribution in [0, 0.1) is 0 Å². The number of carboxylic acids is 1. The molecule has 0 unspecified atom stereocenters. The van der Waals surface area contributed by atoms with Crippen molar-refractivity contribution in [2.24, 2.45) is 5.73 Å².